The highest BCUT2D eigenvalue weighted by molar-refractivity contribution is 5.76. The van der Waals surface area contributed by atoms with E-state index in [1.165, 1.54) is 18.2 Å². The first-order valence-electron chi connectivity index (χ1n) is 12.3. The number of carbonyl (C=O) groups excluding carboxylic acids is 4. The summed E-state index contributed by atoms with van der Waals surface area (Å²) in [7, 11) is 0. The van der Waals surface area contributed by atoms with Crippen molar-refractivity contribution in [2.24, 2.45) is 5.73 Å². The Kier molecular flexibility index (Phi) is 12.8. The van der Waals surface area contributed by atoms with Crippen molar-refractivity contribution < 1.29 is 52.3 Å². The van der Waals surface area contributed by atoms with Crippen LogP contribution in [0.4, 0.5) is 14.4 Å². The number of ether oxygens (including phenoxy) is 7. The van der Waals surface area contributed by atoms with Crippen molar-refractivity contribution >= 4 is 24.4 Å². The van der Waals surface area contributed by atoms with Crippen LogP contribution in [0.3, 0.4) is 0 Å². The normalized spacial score (nSPS) is 12.8. The SMILES string of the molecule is CCC(C)(C)OC(=O)O[C@@H](C)COC(=O)[C@@H](N)Cc1ccc(OC(=O)OC(C)C)c(OC(=O)OC(C)C)c1. The topological polar surface area (TPSA) is 159 Å². The van der Waals surface area contributed by atoms with Crippen LogP contribution < -0.4 is 15.2 Å². The van der Waals surface area contributed by atoms with Gasteiger partial charge in [0.2, 0.25) is 0 Å². The number of benzene rings is 1. The summed E-state index contributed by atoms with van der Waals surface area (Å²) in [4.78, 5) is 48.2. The second-order valence-corrected chi connectivity index (χ2v) is 9.65. The van der Waals surface area contributed by atoms with Gasteiger partial charge in [0.1, 0.15) is 24.4 Å². The molecule has 0 aliphatic rings. The molecule has 2 N–H and O–H groups in total. The Balaban J connectivity index is 2.82. The third-order valence-electron chi connectivity index (χ3n) is 4.79. The highest BCUT2D eigenvalue weighted by Crippen LogP contribution is 2.30. The number of rotatable bonds is 12. The molecule has 0 unspecified atom stereocenters. The van der Waals surface area contributed by atoms with E-state index in [0.717, 1.165) is 0 Å². The molecule has 38 heavy (non-hydrogen) atoms. The van der Waals surface area contributed by atoms with Crippen LogP contribution >= 0.6 is 0 Å². The highest BCUT2D eigenvalue weighted by Gasteiger charge is 2.25. The Morgan fingerprint density at radius 1 is 0.842 bits per heavy atom. The van der Waals surface area contributed by atoms with E-state index in [4.69, 9.17) is 38.9 Å². The molecule has 0 amide bonds. The lowest BCUT2D eigenvalue weighted by atomic mass is 10.1. The number of carbonyl (C=O) groups is 4. The summed E-state index contributed by atoms with van der Waals surface area (Å²) in [6.45, 7) is 13.3. The lowest BCUT2D eigenvalue weighted by Crippen LogP contribution is -2.36. The summed E-state index contributed by atoms with van der Waals surface area (Å²) in [6, 6.07) is 3.18. The van der Waals surface area contributed by atoms with Gasteiger partial charge in [-0.15, -0.1) is 0 Å². The van der Waals surface area contributed by atoms with Gasteiger partial charge in [-0.05, 0) is 79.0 Å². The first kappa shape index (κ1) is 32.5. The minimum absolute atomic E-state index is 0.00683. The Morgan fingerprint density at radius 2 is 1.39 bits per heavy atom. The summed E-state index contributed by atoms with van der Waals surface area (Å²) in [5.41, 5.74) is 5.78. The van der Waals surface area contributed by atoms with Crippen molar-refractivity contribution in [1.29, 1.82) is 0 Å². The van der Waals surface area contributed by atoms with Crippen LogP contribution in [0.5, 0.6) is 11.5 Å². The number of nitrogens with two attached hydrogens (primary N) is 1. The smallest absolute Gasteiger partial charge is 0.461 e. The second-order valence-electron chi connectivity index (χ2n) is 9.65. The maximum atomic E-state index is 12.4. The van der Waals surface area contributed by atoms with E-state index in [2.05, 4.69) is 0 Å². The van der Waals surface area contributed by atoms with Gasteiger partial charge in [0.15, 0.2) is 11.5 Å². The fraction of sp³-hybridized carbons (Fsp3) is 0.615. The van der Waals surface area contributed by atoms with E-state index < -0.39 is 54.4 Å². The molecule has 0 radical (unpaired) electrons. The molecule has 12 nitrogen and oxygen atoms in total. The molecule has 0 saturated heterocycles. The van der Waals surface area contributed by atoms with Crippen LogP contribution in [0, 0.1) is 0 Å². The van der Waals surface area contributed by atoms with E-state index in [9.17, 15) is 19.2 Å². The third-order valence-corrected chi connectivity index (χ3v) is 4.79. The second kappa shape index (κ2) is 15.0. The summed E-state index contributed by atoms with van der Waals surface area (Å²) in [6.07, 6.45) is -3.92. The lowest BCUT2D eigenvalue weighted by Gasteiger charge is -2.24. The van der Waals surface area contributed by atoms with E-state index in [0.29, 0.717) is 12.0 Å². The Labute approximate surface area is 223 Å². The molecule has 12 heteroatoms. The standard InChI is InChI=1S/C26H39NO11/c1-9-26(7,8)38-25(31)35-17(6)14-32-22(28)19(27)12-18-10-11-20(36-23(29)33-15(2)3)21(13-18)37-24(30)34-16(4)5/h10-11,13,15-17,19H,9,12,14,27H2,1-8H3/t17-,19-/m0/s1. The molecule has 1 aromatic carbocycles. The largest absolute Gasteiger partial charge is 0.514 e. The molecule has 1 aromatic rings. The van der Waals surface area contributed by atoms with Gasteiger partial charge in [0.25, 0.3) is 0 Å². The average Bonchev–Trinajstić information content (AvgIpc) is 2.77. The quantitative estimate of drug-likeness (QED) is 0.221. The van der Waals surface area contributed by atoms with Gasteiger partial charge in [0.05, 0.1) is 12.2 Å². The molecular formula is C26H39NO11. The molecule has 0 bridgehead atoms. The highest BCUT2D eigenvalue weighted by atomic mass is 16.8. The number of hydrogen-bond acceptors (Lipinski definition) is 12. The molecule has 0 spiro atoms. The predicted molar refractivity (Wildman–Crippen MR) is 135 cm³/mol. The molecular weight excluding hydrogens is 502 g/mol. The molecule has 2 atom stereocenters. The Hall–Kier alpha value is -3.54. The lowest BCUT2D eigenvalue weighted by molar-refractivity contribution is -0.148. The van der Waals surface area contributed by atoms with E-state index >= 15 is 0 Å². The van der Waals surface area contributed by atoms with Crippen molar-refractivity contribution in [3.8, 4) is 11.5 Å². The number of esters is 1. The van der Waals surface area contributed by atoms with E-state index in [1.54, 1.807) is 48.5 Å². The molecule has 0 saturated carbocycles. The minimum Gasteiger partial charge on any atom is -0.461 e. The van der Waals surface area contributed by atoms with Gasteiger partial charge in [-0.2, -0.15) is 0 Å². The number of hydrogen-bond donors (Lipinski definition) is 1. The minimum atomic E-state index is -1.10. The third kappa shape index (κ3) is 12.6. The fourth-order valence-electron chi connectivity index (χ4n) is 2.62. The zero-order chi connectivity index (χ0) is 29.0. The molecule has 0 fully saturated rings. The van der Waals surface area contributed by atoms with E-state index in [-0.39, 0.29) is 24.5 Å². The zero-order valence-electron chi connectivity index (χ0n) is 23.2. The Bertz CT molecular complexity index is 959. The zero-order valence-corrected chi connectivity index (χ0v) is 23.2. The molecule has 0 heterocycles. The van der Waals surface area contributed by atoms with Crippen LogP contribution in [0.25, 0.3) is 0 Å². The Morgan fingerprint density at radius 3 is 1.92 bits per heavy atom. The van der Waals surface area contributed by atoms with Crippen molar-refractivity contribution in [3.63, 3.8) is 0 Å². The van der Waals surface area contributed by atoms with Gasteiger partial charge >= 0.3 is 24.4 Å². The van der Waals surface area contributed by atoms with Crippen molar-refractivity contribution in [3.05, 3.63) is 23.8 Å². The van der Waals surface area contributed by atoms with Crippen LogP contribution in [0.15, 0.2) is 18.2 Å². The van der Waals surface area contributed by atoms with Gasteiger partial charge in [-0.25, -0.2) is 14.4 Å². The summed E-state index contributed by atoms with van der Waals surface area (Å²) in [5, 5.41) is 0. The summed E-state index contributed by atoms with van der Waals surface area (Å²) >= 11 is 0. The van der Waals surface area contributed by atoms with Crippen molar-refractivity contribution in [1.82, 2.24) is 0 Å². The van der Waals surface area contributed by atoms with Crippen LogP contribution in [0.2, 0.25) is 0 Å². The molecule has 1 rings (SSSR count). The molecule has 0 aliphatic heterocycles. The van der Waals surface area contributed by atoms with Gasteiger partial charge < -0.3 is 38.9 Å². The maximum absolute atomic E-state index is 12.4. The first-order chi connectivity index (χ1) is 17.6. The van der Waals surface area contributed by atoms with Gasteiger partial charge in [-0.3, -0.25) is 4.79 Å². The summed E-state index contributed by atoms with van der Waals surface area (Å²) < 4.78 is 35.7. The fourth-order valence-corrected chi connectivity index (χ4v) is 2.62. The predicted octanol–water partition coefficient (Wildman–Crippen LogP) is 4.68. The molecule has 0 aromatic heterocycles. The van der Waals surface area contributed by atoms with Crippen molar-refractivity contribution in [2.75, 3.05) is 6.61 Å². The monoisotopic (exact) mass is 541 g/mol. The molecule has 0 aliphatic carbocycles. The van der Waals surface area contributed by atoms with E-state index in [1.807, 2.05) is 6.92 Å². The van der Waals surface area contributed by atoms with Crippen molar-refractivity contribution in [2.45, 2.75) is 98.2 Å². The average molecular weight is 542 g/mol. The van der Waals surface area contributed by atoms with Crippen LogP contribution in [-0.2, 0) is 34.9 Å². The maximum Gasteiger partial charge on any atom is 0.514 e. The van der Waals surface area contributed by atoms with Gasteiger partial charge in [0, 0.05) is 0 Å². The summed E-state index contributed by atoms with van der Waals surface area (Å²) in [5.74, 6) is -0.976. The van der Waals surface area contributed by atoms with Crippen LogP contribution in [0.1, 0.15) is 67.4 Å². The van der Waals surface area contributed by atoms with Gasteiger partial charge in [-0.1, -0.05) is 13.0 Å². The molecule has 214 valence electrons. The van der Waals surface area contributed by atoms with Crippen LogP contribution in [-0.4, -0.2) is 61.0 Å². The first-order valence-corrected chi connectivity index (χ1v) is 12.3.